The number of amides is 4. The number of nitrogens with one attached hydrogen (secondary N) is 2. The molecule has 0 spiro atoms. The molecule has 8 nitrogen and oxygen atoms in total. The summed E-state index contributed by atoms with van der Waals surface area (Å²) in [5.74, 6) is 0.317. The Kier molecular flexibility index (Phi) is 4.78. The van der Waals surface area contributed by atoms with Crippen LogP contribution in [0.1, 0.15) is 20.3 Å². The molecule has 2 aliphatic rings. The topological polar surface area (TPSA) is 97.0 Å². The second kappa shape index (κ2) is 7.00. The van der Waals surface area contributed by atoms with Crippen molar-refractivity contribution in [3.63, 3.8) is 0 Å². The van der Waals surface area contributed by atoms with E-state index in [1.165, 1.54) is 0 Å². The first kappa shape index (κ1) is 17.1. The van der Waals surface area contributed by atoms with Gasteiger partial charge in [-0.15, -0.1) is 0 Å². The largest absolute Gasteiger partial charge is 0.490 e. The molecule has 2 aliphatic heterocycles. The van der Waals surface area contributed by atoms with Gasteiger partial charge in [-0.25, -0.2) is 4.79 Å². The van der Waals surface area contributed by atoms with E-state index in [1.54, 1.807) is 18.2 Å². The van der Waals surface area contributed by atoms with Crippen LogP contribution in [-0.4, -0.2) is 48.5 Å². The second-order valence-electron chi connectivity index (χ2n) is 6.36. The van der Waals surface area contributed by atoms with E-state index in [0.717, 1.165) is 11.3 Å². The third kappa shape index (κ3) is 3.67. The maximum atomic E-state index is 12.2. The van der Waals surface area contributed by atoms with E-state index in [1.807, 2.05) is 13.8 Å². The van der Waals surface area contributed by atoms with Crippen molar-refractivity contribution in [3.05, 3.63) is 18.2 Å². The number of imide groups is 1. The van der Waals surface area contributed by atoms with Gasteiger partial charge in [-0.1, -0.05) is 13.8 Å². The van der Waals surface area contributed by atoms with Gasteiger partial charge in [-0.05, 0) is 18.1 Å². The number of benzene rings is 1. The van der Waals surface area contributed by atoms with Gasteiger partial charge in [0.2, 0.25) is 5.91 Å². The summed E-state index contributed by atoms with van der Waals surface area (Å²) in [6.45, 7) is 4.47. The number of hydrogen-bond acceptors (Lipinski definition) is 5. The molecule has 3 rings (SSSR count). The molecule has 2 heterocycles. The quantitative estimate of drug-likeness (QED) is 0.802. The molecule has 8 heteroatoms. The van der Waals surface area contributed by atoms with E-state index in [4.69, 9.17) is 9.47 Å². The standard InChI is InChI=1S/C17H21N3O5/c1-10(2)15-16(22)20(17(23)19-15)9-14(21)18-11-4-5-12-13(8-11)25-7-3-6-24-12/h4-5,8,10,15H,3,6-7,9H2,1-2H3,(H,18,21)(H,19,23). The molecule has 4 amide bonds. The Balaban J connectivity index is 1.64. The van der Waals surface area contributed by atoms with E-state index in [9.17, 15) is 14.4 Å². The van der Waals surface area contributed by atoms with Gasteiger partial charge in [-0.3, -0.25) is 14.5 Å². The van der Waals surface area contributed by atoms with Crippen LogP contribution in [0.2, 0.25) is 0 Å². The molecule has 134 valence electrons. The van der Waals surface area contributed by atoms with Gasteiger partial charge in [0.15, 0.2) is 11.5 Å². The minimum atomic E-state index is -0.585. The summed E-state index contributed by atoms with van der Waals surface area (Å²) in [6, 6.07) is 3.95. The Bertz CT molecular complexity index is 704. The molecule has 0 aliphatic carbocycles. The fourth-order valence-corrected chi connectivity index (χ4v) is 2.73. The SMILES string of the molecule is CC(C)C1NC(=O)N(CC(=O)Nc2ccc3c(c2)OCCCO3)C1=O. The van der Waals surface area contributed by atoms with Crippen molar-refractivity contribution in [2.45, 2.75) is 26.3 Å². The second-order valence-corrected chi connectivity index (χ2v) is 6.36. The zero-order valence-corrected chi connectivity index (χ0v) is 14.2. The van der Waals surface area contributed by atoms with E-state index >= 15 is 0 Å². The predicted octanol–water partition coefficient (Wildman–Crippen LogP) is 1.36. The molecule has 0 saturated carbocycles. The van der Waals surface area contributed by atoms with Crippen LogP contribution in [0.15, 0.2) is 18.2 Å². The zero-order valence-electron chi connectivity index (χ0n) is 14.2. The first-order valence-corrected chi connectivity index (χ1v) is 8.27. The van der Waals surface area contributed by atoms with E-state index in [-0.39, 0.29) is 18.4 Å². The highest BCUT2D eigenvalue weighted by Gasteiger charge is 2.40. The predicted molar refractivity (Wildman–Crippen MR) is 89.5 cm³/mol. The first-order valence-electron chi connectivity index (χ1n) is 8.27. The van der Waals surface area contributed by atoms with Crippen LogP contribution >= 0.6 is 0 Å². The highest BCUT2D eigenvalue weighted by Crippen LogP contribution is 2.32. The molecule has 0 aromatic heterocycles. The highest BCUT2D eigenvalue weighted by molar-refractivity contribution is 6.08. The number of urea groups is 1. The minimum Gasteiger partial charge on any atom is -0.490 e. The van der Waals surface area contributed by atoms with Gasteiger partial charge in [-0.2, -0.15) is 0 Å². The summed E-state index contributed by atoms with van der Waals surface area (Å²) in [4.78, 5) is 37.2. The summed E-state index contributed by atoms with van der Waals surface area (Å²) in [5.41, 5.74) is 0.515. The average Bonchev–Trinajstić information content (AvgIpc) is 2.75. The van der Waals surface area contributed by atoms with E-state index < -0.39 is 18.0 Å². The number of rotatable bonds is 4. The number of carbonyl (C=O) groups is 3. The van der Waals surface area contributed by atoms with Gasteiger partial charge in [0.1, 0.15) is 12.6 Å². The van der Waals surface area contributed by atoms with Crippen LogP contribution in [0.3, 0.4) is 0 Å². The fourth-order valence-electron chi connectivity index (χ4n) is 2.73. The molecule has 1 unspecified atom stereocenters. The Morgan fingerprint density at radius 2 is 2.00 bits per heavy atom. The van der Waals surface area contributed by atoms with E-state index in [2.05, 4.69) is 10.6 Å². The molecule has 1 aromatic carbocycles. The molecule has 1 atom stereocenters. The fraction of sp³-hybridized carbons (Fsp3) is 0.471. The maximum absolute atomic E-state index is 12.2. The van der Waals surface area contributed by atoms with Crippen LogP contribution < -0.4 is 20.1 Å². The van der Waals surface area contributed by atoms with Crippen LogP contribution in [0.4, 0.5) is 10.5 Å². The van der Waals surface area contributed by atoms with Crippen LogP contribution in [0.25, 0.3) is 0 Å². The number of hydrogen-bond donors (Lipinski definition) is 2. The lowest BCUT2D eigenvalue weighted by Gasteiger charge is -2.15. The lowest BCUT2D eigenvalue weighted by molar-refractivity contribution is -0.131. The van der Waals surface area contributed by atoms with Gasteiger partial charge in [0.25, 0.3) is 5.91 Å². The number of nitrogens with zero attached hydrogens (tertiary/aromatic N) is 1. The Morgan fingerprint density at radius 3 is 2.68 bits per heavy atom. The molecule has 0 radical (unpaired) electrons. The highest BCUT2D eigenvalue weighted by atomic mass is 16.5. The van der Waals surface area contributed by atoms with Gasteiger partial charge in [0, 0.05) is 18.2 Å². The maximum Gasteiger partial charge on any atom is 0.325 e. The van der Waals surface area contributed by atoms with Crippen LogP contribution in [0, 0.1) is 5.92 Å². The molecular formula is C17H21N3O5. The number of fused-ring (bicyclic) bond motifs is 1. The molecule has 1 aromatic rings. The molecule has 0 bridgehead atoms. The smallest absolute Gasteiger partial charge is 0.325 e. The van der Waals surface area contributed by atoms with Crippen molar-refractivity contribution >= 4 is 23.5 Å². The average molecular weight is 347 g/mol. The summed E-state index contributed by atoms with van der Waals surface area (Å²) < 4.78 is 11.1. The zero-order chi connectivity index (χ0) is 18.0. The van der Waals surface area contributed by atoms with Gasteiger partial charge in [0.05, 0.1) is 13.2 Å². The molecule has 1 fully saturated rings. The van der Waals surface area contributed by atoms with Crippen molar-refractivity contribution < 1.29 is 23.9 Å². The van der Waals surface area contributed by atoms with Crippen molar-refractivity contribution in [2.24, 2.45) is 5.92 Å². The lowest BCUT2D eigenvalue weighted by atomic mass is 10.1. The summed E-state index contributed by atoms with van der Waals surface area (Å²) in [6.07, 6.45) is 0.791. The number of anilines is 1. The Labute approximate surface area is 145 Å². The molecule has 2 N–H and O–H groups in total. The third-order valence-electron chi connectivity index (χ3n) is 4.06. The van der Waals surface area contributed by atoms with Crippen molar-refractivity contribution in [1.29, 1.82) is 0 Å². The minimum absolute atomic E-state index is 0.0359. The van der Waals surface area contributed by atoms with Crippen LogP contribution in [0.5, 0.6) is 11.5 Å². The molecule has 1 saturated heterocycles. The summed E-state index contributed by atoms with van der Waals surface area (Å²) in [7, 11) is 0. The Morgan fingerprint density at radius 1 is 1.28 bits per heavy atom. The molecule has 25 heavy (non-hydrogen) atoms. The molecular weight excluding hydrogens is 326 g/mol. The lowest BCUT2D eigenvalue weighted by Crippen LogP contribution is -2.39. The van der Waals surface area contributed by atoms with Crippen LogP contribution in [-0.2, 0) is 9.59 Å². The summed E-state index contributed by atoms with van der Waals surface area (Å²) >= 11 is 0. The monoisotopic (exact) mass is 347 g/mol. The third-order valence-corrected chi connectivity index (χ3v) is 4.06. The van der Waals surface area contributed by atoms with Crippen molar-refractivity contribution in [1.82, 2.24) is 10.2 Å². The first-order chi connectivity index (χ1) is 12.0. The Hall–Kier alpha value is -2.77. The summed E-state index contributed by atoms with van der Waals surface area (Å²) in [5, 5.41) is 5.27. The van der Waals surface area contributed by atoms with Crippen molar-refractivity contribution in [3.8, 4) is 11.5 Å². The van der Waals surface area contributed by atoms with E-state index in [0.29, 0.717) is 30.4 Å². The van der Waals surface area contributed by atoms with Gasteiger partial charge >= 0.3 is 6.03 Å². The normalized spacial score (nSPS) is 19.6. The number of carbonyl (C=O) groups excluding carboxylic acids is 3. The van der Waals surface area contributed by atoms with Crippen molar-refractivity contribution in [2.75, 3.05) is 25.1 Å². The van der Waals surface area contributed by atoms with Gasteiger partial charge < -0.3 is 20.1 Å². The number of ether oxygens (including phenoxy) is 2.